The Bertz CT molecular complexity index is 140. The van der Waals surface area contributed by atoms with Gasteiger partial charge in [-0.3, -0.25) is 4.90 Å². The standard InChI is InChI=1S/C9H20N2O2/c1-2-11(8-6-13-7-8)5-9(12)3-4-10/h8-9,12H,2-7,10H2,1H3. The number of likely N-dealkylation sites (N-methyl/N-ethyl adjacent to an activating group) is 1. The summed E-state index contributed by atoms with van der Waals surface area (Å²) >= 11 is 0. The summed E-state index contributed by atoms with van der Waals surface area (Å²) in [4.78, 5) is 2.25. The number of rotatable bonds is 6. The monoisotopic (exact) mass is 188 g/mol. The molecule has 4 nitrogen and oxygen atoms in total. The number of aliphatic hydroxyl groups is 1. The van der Waals surface area contributed by atoms with Crippen LogP contribution >= 0.6 is 0 Å². The van der Waals surface area contributed by atoms with Crippen LogP contribution < -0.4 is 5.73 Å². The number of hydrogen-bond donors (Lipinski definition) is 2. The van der Waals surface area contributed by atoms with E-state index < -0.39 is 0 Å². The maximum atomic E-state index is 9.56. The highest BCUT2D eigenvalue weighted by molar-refractivity contribution is 4.78. The molecule has 0 amide bonds. The second kappa shape index (κ2) is 5.54. The lowest BCUT2D eigenvalue weighted by molar-refractivity contribution is -0.0736. The fourth-order valence-corrected chi connectivity index (χ4v) is 1.52. The molecule has 0 saturated carbocycles. The van der Waals surface area contributed by atoms with Gasteiger partial charge < -0.3 is 15.6 Å². The first-order chi connectivity index (χ1) is 6.27. The van der Waals surface area contributed by atoms with E-state index in [-0.39, 0.29) is 6.10 Å². The highest BCUT2D eigenvalue weighted by atomic mass is 16.5. The first-order valence-electron chi connectivity index (χ1n) is 4.97. The number of hydrogen-bond acceptors (Lipinski definition) is 4. The van der Waals surface area contributed by atoms with E-state index in [1.165, 1.54) is 0 Å². The minimum atomic E-state index is -0.287. The Morgan fingerprint density at radius 2 is 2.31 bits per heavy atom. The summed E-state index contributed by atoms with van der Waals surface area (Å²) in [5.41, 5.74) is 5.37. The third kappa shape index (κ3) is 3.23. The molecule has 0 aromatic heterocycles. The van der Waals surface area contributed by atoms with Gasteiger partial charge in [-0.05, 0) is 19.5 Å². The Morgan fingerprint density at radius 3 is 2.69 bits per heavy atom. The van der Waals surface area contributed by atoms with Crippen molar-refractivity contribution in [3.8, 4) is 0 Å². The van der Waals surface area contributed by atoms with Crippen molar-refractivity contribution in [3.63, 3.8) is 0 Å². The fraction of sp³-hybridized carbons (Fsp3) is 1.00. The number of aliphatic hydroxyl groups excluding tert-OH is 1. The Kier molecular flexibility index (Phi) is 4.66. The predicted molar refractivity (Wildman–Crippen MR) is 51.5 cm³/mol. The molecule has 4 heteroatoms. The highest BCUT2D eigenvalue weighted by Crippen LogP contribution is 2.10. The maximum Gasteiger partial charge on any atom is 0.0679 e. The average Bonchev–Trinajstić information content (AvgIpc) is 2.00. The van der Waals surface area contributed by atoms with Gasteiger partial charge in [0.25, 0.3) is 0 Å². The van der Waals surface area contributed by atoms with Crippen LogP contribution in [-0.4, -0.2) is 55.0 Å². The van der Waals surface area contributed by atoms with Crippen LogP contribution in [0.5, 0.6) is 0 Å². The van der Waals surface area contributed by atoms with Crippen LogP contribution in [0.4, 0.5) is 0 Å². The first-order valence-corrected chi connectivity index (χ1v) is 4.97. The lowest BCUT2D eigenvalue weighted by atomic mass is 10.1. The summed E-state index contributed by atoms with van der Waals surface area (Å²) in [6.45, 7) is 5.97. The first kappa shape index (κ1) is 10.9. The highest BCUT2D eigenvalue weighted by Gasteiger charge is 2.25. The second-order valence-electron chi connectivity index (χ2n) is 3.51. The molecule has 1 fully saturated rings. The SMILES string of the molecule is CCN(CC(O)CCN)C1COC1. The van der Waals surface area contributed by atoms with Crippen LogP contribution in [0.1, 0.15) is 13.3 Å². The molecular weight excluding hydrogens is 168 g/mol. The van der Waals surface area contributed by atoms with E-state index in [1.807, 2.05) is 0 Å². The van der Waals surface area contributed by atoms with Gasteiger partial charge in [0.05, 0.1) is 25.4 Å². The van der Waals surface area contributed by atoms with Gasteiger partial charge in [-0.2, -0.15) is 0 Å². The van der Waals surface area contributed by atoms with Gasteiger partial charge in [0, 0.05) is 6.54 Å². The van der Waals surface area contributed by atoms with E-state index in [0.717, 1.165) is 26.3 Å². The smallest absolute Gasteiger partial charge is 0.0679 e. The van der Waals surface area contributed by atoms with Crippen molar-refractivity contribution in [1.82, 2.24) is 4.90 Å². The summed E-state index contributed by atoms with van der Waals surface area (Å²) in [7, 11) is 0. The van der Waals surface area contributed by atoms with Gasteiger partial charge in [0.2, 0.25) is 0 Å². The number of ether oxygens (including phenoxy) is 1. The molecule has 1 unspecified atom stereocenters. The van der Waals surface area contributed by atoms with Crippen LogP contribution in [0.15, 0.2) is 0 Å². The molecule has 1 heterocycles. The Hall–Kier alpha value is -0.160. The molecular formula is C9H20N2O2. The van der Waals surface area contributed by atoms with Gasteiger partial charge in [0.15, 0.2) is 0 Å². The van der Waals surface area contributed by atoms with E-state index >= 15 is 0 Å². The van der Waals surface area contributed by atoms with Crippen molar-refractivity contribution in [3.05, 3.63) is 0 Å². The molecule has 0 aromatic carbocycles. The Labute approximate surface area is 79.7 Å². The summed E-state index contributed by atoms with van der Waals surface area (Å²) < 4.78 is 5.11. The largest absolute Gasteiger partial charge is 0.392 e. The lowest BCUT2D eigenvalue weighted by Gasteiger charge is -2.37. The Morgan fingerprint density at radius 1 is 1.62 bits per heavy atom. The zero-order chi connectivity index (χ0) is 9.68. The third-order valence-electron chi connectivity index (χ3n) is 2.49. The molecule has 3 N–H and O–H groups in total. The molecule has 13 heavy (non-hydrogen) atoms. The van der Waals surface area contributed by atoms with Crippen LogP contribution in [-0.2, 0) is 4.74 Å². The summed E-state index contributed by atoms with van der Waals surface area (Å²) in [5.74, 6) is 0. The van der Waals surface area contributed by atoms with Crippen LogP contribution in [0.3, 0.4) is 0 Å². The van der Waals surface area contributed by atoms with Crippen molar-refractivity contribution in [1.29, 1.82) is 0 Å². The van der Waals surface area contributed by atoms with Gasteiger partial charge in [-0.1, -0.05) is 6.92 Å². The summed E-state index contributed by atoms with van der Waals surface area (Å²) in [5, 5.41) is 9.56. The number of nitrogens with two attached hydrogens (primary N) is 1. The third-order valence-corrected chi connectivity index (χ3v) is 2.49. The molecule has 0 spiro atoms. The molecule has 0 bridgehead atoms. The average molecular weight is 188 g/mol. The van der Waals surface area contributed by atoms with Crippen LogP contribution in [0.2, 0.25) is 0 Å². The van der Waals surface area contributed by atoms with E-state index in [4.69, 9.17) is 10.5 Å². The molecule has 1 aliphatic heterocycles. The zero-order valence-electron chi connectivity index (χ0n) is 8.28. The molecule has 0 radical (unpaired) electrons. The quantitative estimate of drug-likeness (QED) is 0.585. The van der Waals surface area contributed by atoms with Gasteiger partial charge in [-0.15, -0.1) is 0 Å². The Balaban J connectivity index is 2.21. The van der Waals surface area contributed by atoms with E-state index in [0.29, 0.717) is 19.0 Å². The van der Waals surface area contributed by atoms with Crippen molar-refractivity contribution in [2.24, 2.45) is 5.73 Å². The molecule has 0 aliphatic carbocycles. The predicted octanol–water partition coefficient (Wildman–Crippen LogP) is -0.583. The van der Waals surface area contributed by atoms with Crippen molar-refractivity contribution >= 4 is 0 Å². The normalized spacial score (nSPS) is 20.3. The van der Waals surface area contributed by atoms with E-state index in [1.54, 1.807) is 0 Å². The molecule has 1 rings (SSSR count). The van der Waals surface area contributed by atoms with E-state index in [9.17, 15) is 5.11 Å². The van der Waals surface area contributed by atoms with Crippen LogP contribution in [0.25, 0.3) is 0 Å². The molecule has 1 atom stereocenters. The van der Waals surface area contributed by atoms with Gasteiger partial charge >= 0.3 is 0 Å². The summed E-state index contributed by atoms with van der Waals surface area (Å²) in [6.07, 6.45) is 0.398. The molecule has 1 aliphatic rings. The zero-order valence-corrected chi connectivity index (χ0v) is 8.28. The minimum Gasteiger partial charge on any atom is -0.392 e. The lowest BCUT2D eigenvalue weighted by Crippen LogP contribution is -2.51. The molecule has 1 saturated heterocycles. The van der Waals surface area contributed by atoms with Crippen molar-refractivity contribution in [2.75, 3.05) is 32.8 Å². The summed E-state index contributed by atoms with van der Waals surface area (Å²) in [6, 6.07) is 0.512. The molecule has 0 aromatic rings. The topological polar surface area (TPSA) is 58.7 Å². The second-order valence-corrected chi connectivity index (χ2v) is 3.51. The number of nitrogens with zero attached hydrogens (tertiary/aromatic N) is 1. The van der Waals surface area contributed by atoms with E-state index in [2.05, 4.69) is 11.8 Å². The van der Waals surface area contributed by atoms with Gasteiger partial charge in [-0.25, -0.2) is 0 Å². The minimum absolute atomic E-state index is 0.287. The fourth-order valence-electron chi connectivity index (χ4n) is 1.52. The van der Waals surface area contributed by atoms with Gasteiger partial charge in [0.1, 0.15) is 0 Å². The van der Waals surface area contributed by atoms with Crippen LogP contribution in [0, 0.1) is 0 Å². The maximum absolute atomic E-state index is 9.56. The van der Waals surface area contributed by atoms with Crippen molar-refractivity contribution in [2.45, 2.75) is 25.5 Å². The van der Waals surface area contributed by atoms with Crippen molar-refractivity contribution < 1.29 is 9.84 Å². The molecule has 78 valence electrons.